The molecular weight excluding hydrogens is 453 g/mol. The van der Waals surface area contributed by atoms with Crippen molar-refractivity contribution in [3.05, 3.63) is 41.5 Å². The maximum atomic E-state index is 14.2. The van der Waals surface area contributed by atoms with Gasteiger partial charge in [-0.25, -0.2) is 22.2 Å². The predicted octanol–water partition coefficient (Wildman–Crippen LogP) is 0.779. The molecule has 2 aromatic rings. The monoisotopic (exact) mass is 481 g/mol. The van der Waals surface area contributed by atoms with Crippen LogP contribution < -0.4 is 4.72 Å². The van der Waals surface area contributed by atoms with Gasteiger partial charge in [0.05, 0.1) is 30.2 Å². The number of carbonyl (C=O) groups is 1. The van der Waals surface area contributed by atoms with Gasteiger partial charge in [-0.15, -0.1) is 5.10 Å². The number of carbonyl (C=O) groups excluding carboxylic acids is 1. The molecule has 0 bridgehead atoms. The highest BCUT2D eigenvalue weighted by atomic mass is 32.2. The molecule has 2 N–H and O–H groups in total. The molecule has 2 aliphatic rings. The molecule has 3 heterocycles. The number of hydrogen-bond acceptors (Lipinski definition) is 7. The van der Waals surface area contributed by atoms with Crippen molar-refractivity contribution in [3.8, 4) is 5.69 Å². The summed E-state index contributed by atoms with van der Waals surface area (Å²) < 4.78 is 47.5. The van der Waals surface area contributed by atoms with Crippen molar-refractivity contribution in [3.63, 3.8) is 0 Å². The summed E-state index contributed by atoms with van der Waals surface area (Å²) in [7, 11) is -3.51. The number of benzene rings is 1. The molecule has 0 unspecified atom stereocenters. The molecule has 33 heavy (non-hydrogen) atoms. The molecule has 180 valence electrons. The first kappa shape index (κ1) is 23.7. The molecule has 1 spiro atoms. The van der Waals surface area contributed by atoms with Crippen LogP contribution in [-0.4, -0.2) is 82.5 Å². The van der Waals surface area contributed by atoms with Gasteiger partial charge in [0.25, 0.3) is 5.91 Å². The van der Waals surface area contributed by atoms with E-state index in [1.54, 1.807) is 36.9 Å². The first-order valence-electron chi connectivity index (χ1n) is 10.7. The second kappa shape index (κ2) is 8.42. The Morgan fingerprint density at radius 2 is 1.97 bits per heavy atom. The van der Waals surface area contributed by atoms with E-state index in [1.807, 2.05) is 0 Å². The van der Waals surface area contributed by atoms with Crippen LogP contribution in [0.5, 0.6) is 0 Å². The SMILES string of the molecule is Cc1c(C(=O)N2CCC3(CC2)C[C@H](NS(C)(=O)=O)[C@@](C)(O)CO3)nnn1-c1ccccc1F. The van der Waals surface area contributed by atoms with Crippen LogP contribution in [-0.2, 0) is 14.8 Å². The number of amides is 1. The van der Waals surface area contributed by atoms with Gasteiger partial charge in [-0.2, -0.15) is 0 Å². The Balaban J connectivity index is 1.46. The summed E-state index contributed by atoms with van der Waals surface area (Å²) in [4.78, 5) is 14.8. The van der Waals surface area contributed by atoms with E-state index in [1.165, 1.54) is 10.7 Å². The molecule has 1 aromatic heterocycles. The van der Waals surface area contributed by atoms with Crippen LogP contribution in [0.2, 0.25) is 0 Å². The minimum absolute atomic E-state index is 0.00972. The smallest absolute Gasteiger partial charge is 0.276 e. The van der Waals surface area contributed by atoms with Crippen molar-refractivity contribution in [1.29, 1.82) is 0 Å². The Morgan fingerprint density at radius 1 is 1.30 bits per heavy atom. The fourth-order valence-corrected chi connectivity index (χ4v) is 5.33. The highest BCUT2D eigenvalue weighted by Gasteiger charge is 2.49. The van der Waals surface area contributed by atoms with E-state index in [0.717, 1.165) is 6.26 Å². The van der Waals surface area contributed by atoms with E-state index in [2.05, 4.69) is 15.0 Å². The predicted molar refractivity (Wildman–Crippen MR) is 117 cm³/mol. The van der Waals surface area contributed by atoms with Crippen molar-refractivity contribution < 1.29 is 27.4 Å². The summed E-state index contributed by atoms with van der Waals surface area (Å²) in [6.45, 7) is 3.95. The molecule has 2 fully saturated rings. The van der Waals surface area contributed by atoms with E-state index in [-0.39, 0.29) is 23.9 Å². The second-order valence-corrected chi connectivity index (χ2v) is 10.9. The largest absolute Gasteiger partial charge is 0.386 e. The second-order valence-electron chi connectivity index (χ2n) is 9.15. The number of para-hydroxylation sites is 1. The fourth-order valence-electron chi connectivity index (χ4n) is 4.47. The van der Waals surface area contributed by atoms with Gasteiger partial charge in [0.15, 0.2) is 5.69 Å². The van der Waals surface area contributed by atoms with Crippen LogP contribution in [0.3, 0.4) is 0 Å². The Hall–Kier alpha value is -2.41. The van der Waals surface area contributed by atoms with Crippen LogP contribution in [0.1, 0.15) is 42.4 Å². The number of aliphatic hydroxyl groups is 1. The molecule has 2 aliphatic heterocycles. The summed E-state index contributed by atoms with van der Waals surface area (Å²) in [6, 6.07) is 5.44. The van der Waals surface area contributed by atoms with Gasteiger partial charge in [-0.05, 0) is 45.2 Å². The zero-order chi connectivity index (χ0) is 24.0. The lowest BCUT2D eigenvalue weighted by molar-refractivity contribution is -0.187. The summed E-state index contributed by atoms with van der Waals surface area (Å²) in [5.74, 6) is -0.773. The van der Waals surface area contributed by atoms with Crippen LogP contribution in [0, 0.1) is 12.7 Å². The van der Waals surface area contributed by atoms with Gasteiger partial charge >= 0.3 is 0 Å². The summed E-state index contributed by atoms with van der Waals surface area (Å²) in [5, 5.41) is 18.6. The maximum Gasteiger partial charge on any atom is 0.276 e. The minimum Gasteiger partial charge on any atom is -0.386 e. The summed E-state index contributed by atoms with van der Waals surface area (Å²) in [6.07, 6.45) is 2.33. The Bertz CT molecular complexity index is 1160. The number of piperidine rings is 1. The molecule has 1 aromatic carbocycles. The number of aromatic nitrogens is 3. The van der Waals surface area contributed by atoms with Gasteiger partial charge in [0.2, 0.25) is 10.0 Å². The van der Waals surface area contributed by atoms with E-state index in [4.69, 9.17) is 4.74 Å². The molecule has 0 saturated carbocycles. The highest BCUT2D eigenvalue weighted by molar-refractivity contribution is 7.88. The topological polar surface area (TPSA) is 127 Å². The normalized spacial score (nSPS) is 25.4. The van der Waals surface area contributed by atoms with E-state index in [0.29, 0.717) is 38.0 Å². The quantitative estimate of drug-likeness (QED) is 0.661. The highest BCUT2D eigenvalue weighted by Crippen LogP contribution is 2.38. The Morgan fingerprint density at radius 3 is 2.61 bits per heavy atom. The number of hydrogen-bond donors (Lipinski definition) is 2. The van der Waals surface area contributed by atoms with Crippen molar-refractivity contribution in [2.75, 3.05) is 26.0 Å². The van der Waals surface area contributed by atoms with Crippen LogP contribution in [0.15, 0.2) is 24.3 Å². The molecule has 12 heteroatoms. The standard InChI is InChI=1S/C21H28FN5O5S/c1-14-18(23-25-27(14)16-7-5-4-6-15(16)22)19(28)26-10-8-21(9-11-26)12-17(24-33(3,30)31)20(2,29)13-32-21/h4-7,17,24,29H,8-13H2,1-3H3/t17-,20-/m0/s1. The number of nitrogens with zero attached hydrogens (tertiary/aromatic N) is 4. The van der Waals surface area contributed by atoms with Crippen LogP contribution in [0.4, 0.5) is 4.39 Å². The van der Waals surface area contributed by atoms with Gasteiger partial charge < -0.3 is 14.7 Å². The van der Waals surface area contributed by atoms with Gasteiger partial charge in [0, 0.05) is 13.1 Å². The lowest BCUT2D eigenvalue weighted by atomic mass is 9.78. The molecule has 0 radical (unpaired) electrons. The Labute approximate surface area is 191 Å². The lowest BCUT2D eigenvalue weighted by Gasteiger charge is -2.50. The number of sulfonamides is 1. The van der Waals surface area contributed by atoms with E-state index in [9.17, 15) is 22.7 Å². The number of likely N-dealkylation sites (tertiary alicyclic amines) is 1. The third-order valence-electron chi connectivity index (χ3n) is 6.49. The maximum absolute atomic E-state index is 14.2. The number of ether oxygens (including phenoxy) is 1. The van der Waals surface area contributed by atoms with Gasteiger partial charge in [-0.1, -0.05) is 17.3 Å². The van der Waals surface area contributed by atoms with Crippen LogP contribution in [0.25, 0.3) is 5.69 Å². The Kier molecular flexibility index (Phi) is 6.06. The fraction of sp³-hybridized carbons (Fsp3) is 0.571. The molecule has 2 atom stereocenters. The first-order valence-corrected chi connectivity index (χ1v) is 12.6. The third kappa shape index (κ3) is 4.79. The summed E-state index contributed by atoms with van der Waals surface area (Å²) >= 11 is 0. The summed E-state index contributed by atoms with van der Waals surface area (Å²) in [5.41, 5.74) is -1.16. The van der Waals surface area contributed by atoms with Crippen molar-refractivity contribution in [2.45, 2.75) is 50.4 Å². The molecule has 4 rings (SSSR count). The zero-order valence-corrected chi connectivity index (χ0v) is 19.6. The van der Waals surface area contributed by atoms with Gasteiger partial charge in [-0.3, -0.25) is 4.79 Å². The third-order valence-corrected chi connectivity index (χ3v) is 7.21. The number of nitrogens with one attached hydrogen (secondary N) is 1. The van der Waals surface area contributed by atoms with Crippen molar-refractivity contribution in [2.24, 2.45) is 0 Å². The molecule has 2 saturated heterocycles. The molecule has 0 aliphatic carbocycles. The van der Waals surface area contributed by atoms with Crippen molar-refractivity contribution in [1.82, 2.24) is 24.6 Å². The average Bonchev–Trinajstić information content (AvgIpc) is 3.12. The van der Waals surface area contributed by atoms with E-state index >= 15 is 0 Å². The lowest BCUT2D eigenvalue weighted by Crippen LogP contribution is -2.64. The molecule has 10 nitrogen and oxygen atoms in total. The molecule has 1 amide bonds. The zero-order valence-electron chi connectivity index (χ0n) is 18.8. The van der Waals surface area contributed by atoms with E-state index < -0.39 is 33.1 Å². The van der Waals surface area contributed by atoms with Crippen molar-refractivity contribution >= 4 is 15.9 Å². The number of halogens is 1. The molecular formula is C21H28FN5O5S. The van der Waals surface area contributed by atoms with Gasteiger partial charge in [0.1, 0.15) is 17.1 Å². The first-order chi connectivity index (χ1) is 15.4. The average molecular weight is 482 g/mol. The minimum atomic E-state index is -3.51. The van der Waals surface area contributed by atoms with Crippen LogP contribution >= 0.6 is 0 Å². The number of rotatable bonds is 4.